The molecular weight excluding hydrogens is 296 g/mol. The van der Waals surface area contributed by atoms with Crippen molar-refractivity contribution < 1.29 is 14.2 Å². The lowest BCUT2D eigenvalue weighted by molar-refractivity contribution is -0.0944. The Bertz CT molecular complexity index is 814. The first-order valence-electron chi connectivity index (χ1n) is 7.25. The molecule has 0 aliphatic carbocycles. The third-order valence-electron chi connectivity index (χ3n) is 3.88. The van der Waals surface area contributed by atoms with E-state index in [1.165, 1.54) is 0 Å². The standard InChI is InChI=1S/C16H20N4O3/c1-20(8-13(22-3)23-4)16-15-14(17-9-18-16)11-7-10(21-2)5-6-12(11)19-15/h5-7,9,13,19H,8H2,1-4H3. The molecule has 0 saturated heterocycles. The van der Waals surface area contributed by atoms with Gasteiger partial charge >= 0.3 is 0 Å². The summed E-state index contributed by atoms with van der Waals surface area (Å²) in [5.41, 5.74) is 2.73. The number of fused-ring (bicyclic) bond motifs is 3. The second-order valence-corrected chi connectivity index (χ2v) is 5.24. The van der Waals surface area contributed by atoms with Crippen LogP contribution in [0.1, 0.15) is 0 Å². The second kappa shape index (κ2) is 6.39. The number of nitrogens with one attached hydrogen (secondary N) is 1. The van der Waals surface area contributed by atoms with E-state index in [1.54, 1.807) is 27.7 Å². The highest BCUT2D eigenvalue weighted by Gasteiger charge is 2.17. The smallest absolute Gasteiger partial charge is 0.174 e. The highest BCUT2D eigenvalue weighted by Crippen LogP contribution is 2.31. The summed E-state index contributed by atoms with van der Waals surface area (Å²) >= 11 is 0. The van der Waals surface area contributed by atoms with Crippen molar-refractivity contribution >= 4 is 27.8 Å². The number of benzene rings is 1. The quantitative estimate of drug-likeness (QED) is 0.703. The van der Waals surface area contributed by atoms with Crippen molar-refractivity contribution in [2.24, 2.45) is 0 Å². The lowest BCUT2D eigenvalue weighted by Crippen LogP contribution is -2.32. The van der Waals surface area contributed by atoms with Gasteiger partial charge in [0.15, 0.2) is 12.1 Å². The Morgan fingerprint density at radius 3 is 2.65 bits per heavy atom. The molecule has 0 radical (unpaired) electrons. The molecule has 0 aliphatic rings. The van der Waals surface area contributed by atoms with Gasteiger partial charge in [0.1, 0.15) is 23.1 Å². The molecule has 2 heterocycles. The molecule has 0 saturated carbocycles. The van der Waals surface area contributed by atoms with Gasteiger partial charge in [-0.05, 0) is 18.2 Å². The first-order valence-corrected chi connectivity index (χ1v) is 7.25. The average Bonchev–Trinajstić information content (AvgIpc) is 2.97. The molecule has 0 aliphatic heterocycles. The summed E-state index contributed by atoms with van der Waals surface area (Å²) in [6, 6.07) is 5.87. The van der Waals surface area contributed by atoms with Crippen molar-refractivity contribution in [1.82, 2.24) is 15.0 Å². The third kappa shape index (κ3) is 2.80. The van der Waals surface area contributed by atoms with E-state index in [0.29, 0.717) is 6.54 Å². The minimum absolute atomic E-state index is 0.325. The lowest BCUT2D eigenvalue weighted by Gasteiger charge is -2.23. The number of ether oxygens (including phenoxy) is 3. The van der Waals surface area contributed by atoms with E-state index in [0.717, 1.165) is 33.5 Å². The molecule has 23 heavy (non-hydrogen) atoms. The van der Waals surface area contributed by atoms with Crippen molar-refractivity contribution in [2.45, 2.75) is 6.29 Å². The van der Waals surface area contributed by atoms with Gasteiger partial charge in [-0.2, -0.15) is 0 Å². The Morgan fingerprint density at radius 2 is 1.96 bits per heavy atom. The normalized spacial score (nSPS) is 11.5. The number of aromatic nitrogens is 3. The molecule has 0 unspecified atom stereocenters. The highest BCUT2D eigenvalue weighted by molar-refractivity contribution is 6.08. The highest BCUT2D eigenvalue weighted by atomic mass is 16.7. The van der Waals surface area contributed by atoms with Crippen LogP contribution in [0.5, 0.6) is 5.75 Å². The molecule has 7 nitrogen and oxygen atoms in total. The van der Waals surface area contributed by atoms with E-state index in [9.17, 15) is 0 Å². The van der Waals surface area contributed by atoms with Crippen LogP contribution in [-0.4, -0.2) is 56.2 Å². The minimum Gasteiger partial charge on any atom is -0.497 e. The van der Waals surface area contributed by atoms with Crippen LogP contribution >= 0.6 is 0 Å². The number of H-pyrrole nitrogens is 1. The van der Waals surface area contributed by atoms with Crippen LogP contribution in [-0.2, 0) is 9.47 Å². The molecule has 0 amide bonds. The Morgan fingerprint density at radius 1 is 1.17 bits per heavy atom. The zero-order valence-electron chi connectivity index (χ0n) is 13.7. The molecule has 122 valence electrons. The number of hydrogen-bond donors (Lipinski definition) is 1. The van der Waals surface area contributed by atoms with E-state index >= 15 is 0 Å². The number of likely N-dealkylation sites (N-methyl/N-ethyl adjacent to an activating group) is 1. The van der Waals surface area contributed by atoms with Gasteiger partial charge in [0.05, 0.1) is 13.7 Å². The zero-order valence-corrected chi connectivity index (χ0v) is 13.7. The van der Waals surface area contributed by atoms with Gasteiger partial charge < -0.3 is 24.1 Å². The third-order valence-corrected chi connectivity index (χ3v) is 3.88. The fraction of sp³-hybridized carbons (Fsp3) is 0.375. The molecular formula is C16H20N4O3. The molecule has 7 heteroatoms. The van der Waals surface area contributed by atoms with Gasteiger partial charge in [0, 0.05) is 32.2 Å². The predicted octanol–water partition coefficient (Wildman–Crippen LogP) is 2.17. The Labute approximate surface area is 134 Å². The van der Waals surface area contributed by atoms with Crippen molar-refractivity contribution in [1.29, 1.82) is 0 Å². The number of rotatable bonds is 6. The maximum atomic E-state index is 5.30. The van der Waals surface area contributed by atoms with Crippen LogP contribution < -0.4 is 9.64 Å². The Kier molecular flexibility index (Phi) is 4.31. The number of aromatic amines is 1. The molecule has 0 bridgehead atoms. The fourth-order valence-corrected chi connectivity index (χ4v) is 2.63. The van der Waals surface area contributed by atoms with Gasteiger partial charge in [0.25, 0.3) is 0 Å². The van der Waals surface area contributed by atoms with Gasteiger partial charge in [-0.1, -0.05) is 0 Å². The Balaban J connectivity index is 2.08. The van der Waals surface area contributed by atoms with Crippen LogP contribution in [0.15, 0.2) is 24.5 Å². The van der Waals surface area contributed by atoms with Crippen molar-refractivity contribution in [3.05, 3.63) is 24.5 Å². The fourth-order valence-electron chi connectivity index (χ4n) is 2.63. The summed E-state index contributed by atoms with van der Waals surface area (Å²) < 4.78 is 15.8. The van der Waals surface area contributed by atoms with Gasteiger partial charge in [-0.25, -0.2) is 9.97 Å². The van der Waals surface area contributed by atoms with Crippen molar-refractivity contribution in [3.8, 4) is 5.75 Å². The van der Waals surface area contributed by atoms with Crippen molar-refractivity contribution in [2.75, 3.05) is 39.8 Å². The molecule has 2 aromatic heterocycles. The van der Waals surface area contributed by atoms with Crippen LogP contribution in [0, 0.1) is 0 Å². The number of anilines is 1. The summed E-state index contributed by atoms with van der Waals surface area (Å²) in [6.07, 6.45) is 1.24. The molecule has 1 aromatic carbocycles. The van der Waals surface area contributed by atoms with Gasteiger partial charge in [-0.3, -0.25) is 0 Å². The molecule has 0 atom stereocenters. The first kappa shape index (κ1) is 15.5. The van der Waals surface area contributed by atoms with Gasteiger partial charge in [0.2, 0.25) is 0 Å². The van der Waals surface area contributed by atoms with Crippen LogP contribution in [0.2, 0.25) is 0 Å². The minimum atomic E-state index is -0.325. The summed E-state index contributed by atoms with van der Waals surface area (Å²) in [5.74, 6) is 1.59. The molecule has 3 aromatic rings. The topological polar surface area (TPSA) is 72.5 Å². The monoisotopic (exact) mass is 316 g/mol. The maximum Gasteiger partial charge on any atom is 0.174 e. The Hall–Kier alpha value is -2.38. The number of hydrogen-bond acceptors (Lipinski definition) is 6. The molecule has 3 rings (SSSR count). The van der Waals surface area contributed by atoms with E-state index in [1.807, 2.05) is 30.1 Å². The van der Waals surface area contributed by atoms with Crippen LogP contribution in [0.25, 0.3) is 21.9 Å². The predicted molar refractivity (Wildman–Crippen MR) is 89.0 cm³/mol. The number of methoxy groups -OCH3 is 3. The van der Waals surface area contributed by atoms with Crippen molar-refractivity contribution in [3.63, 3.8) is 0 Å². The summed E-state index contributed by atoms with van der Waals surface area (Å²) in [5, 5.41) is 1.01. The van der Waals surface area contributed by atoms with E-state index in [2.05, 4.69) is 15.0 Å². The second-order valence-electron chi connectivity index (χ2n) is 5.24. The summed E-state index contributed by atoms with van der Waals surface area (Å²) in [4.78, 5) is 14.2. The maximum absolute atomic E-state index is 5.30. The van der Waals surface area contributed by atoms with E-state index < -0.39 is 0 Å². The van der Waals surface area contributed by atoms with Crippen LogP contribution in [0.3, 0.4) is 0 Å². The van der Waals surface area contributed by atoms with E-state index in [4.69, 9.17) is 14.2 Å². The first-order chi connectivity index (χ1) is 11.2. The SMILES string of the molecule is COc1ccc2[nH]c3c(N(C)CC(OC)OC)ncnc3c2c1. The summed E-state index contributed by atoms with van der Waals surface area (Å²) in [7, 11) is 6.83. The molecule has 1 N–H and O–H groups in total. The van der Waals surface area contributed by atoms with E-state index in [-0.39, 0.29) is 6.29 Å². The average molecular weight is 316 g/mol. The largest absolute Gasteiger partial charge is 0.497 e. The number of nitrogens with zero attached hydrogens (tertiary/aromatic N) is 3. The van der Waals surface area contributed by atoms with Crippen LogP contribution in [0.4, 0.5) is 5.82 Å². The van der Waals surface area contributed by atoms with Gasteiger partial charge in [-0.15, -0.1) is 0 Å². The zero-order chi connectivity index (χ0) is 16.4. The lowest BCUT2D eigenvalue weighted by atomic mass is 10.2. The molecule has 0 fully saturated rings. The summed E-state index contributed by atoms with van der Waals surface area (Å²) in [6.45, 7) is 0.553. The molecule has 0 spiro atoms.